The number of pyridine rings is 1. The lowest BCUT2D eigenvalue weighted by atomic mass is 10.1. The molecule has 1 saturated carbocycles. The summed E-state index contributed by atoms with van der Waals surface area (Å²) >= 11 is 0. The molecule has 2 N–H and O–H groups in total. The van der Waals surface area contributed by atoms with Crippen molar-refractivity contribution in [2.24, 2.45) is 5.92 Å². The van der Waals surface area contributed by atoms with Crippen molar-refractivity contribution in [1.82, 2.24) is 20.1 Å². The Bertz CT molecular complexity index is 766. The summed E-state index contributed by atoms with van der Waals surface area (Å²) in [6, 6.07) is 3.83. The minimum atomic E-state index is -0.663. The number of fused-ring (bicyclic) bond motifs is 3. The number of aliphatic hydroxyl groups excluding tert-OH is 1. The first-order chi connectivity index (χ1) is 11.0. The fourth-order valence-corrected chi connectivity index (χ4v) is 3.38. The Balaban J connectivity index is 1.75. The van der Waals surface area contributed by atoms with Gasteiger partial charge in [-0.2, -0.15) is 5.10 Å². The lowest BCUT2D eigenvalue weighted by Gasteiger charge is -2.23. The van der Waals surface area contributed by atoms with Gasteiger partial charge in [-0.15, -0.1) is 0 Å². The highest BCUT2D eigenvalue weighted by Crippen LogP contribution is 2.57. The van der Waals surface area contributed by atoms with Gasteiger partial charge in [-0.1, -0.05) is 0 Å². The summed E-state index contributed by atoms with van der Waals surface area (Å²) in [5, 5.41) is 16.8. The maximum Gasteiger partial charge on any atom is 0.272 e. The molecule has 0 radical (unpaired) electrons. The van der Waals surface area contributed by atoms with E-state index in [0.717, 1.165) is 23.4 Å². The second-order valence-corrected chi connectivity index (χ2v) is 7.14. The van der Waals surface area contributed by atoms with Crippen LogP contribution in [0.3, 0.4) is 0 Å². The molecule has 2 aromatic rings. The van der Waals surface area contributed by atoms with Crippen LogP contribution in [0.1, 0.15) is 47.9 Å². The third-order valence-electron chi connectivity index (χ3n) is 4.72. The molecule has 2 aliphatic rings. The maximum absolute atomic E-state index is 12.6. The van der Waals surface area contributed by atoms with Gasteiger partial charge in [-0.3, -0.25) is 9.78 Å². The number of aromatic nitrogens is 3. The van der Waals surface area contributed by atoms with Gasteiger partial charge in [0.1, 0.15) is 0 Å². The molecular weight excluding hydrogens is 292 g/mol. The maximum atomic E-state index is 12.6. The van der Waals surface area contributed by atoms with E-state index < -0.39 is 5.54 Å². The summed E-state index contributed by atoms with van der Waals surface area (Å²) in [6.45, 7) is 3.47. The second kappa shape index (κ2) is 4.89. The fourth-order valence-electron chi connectivity index (χ4n) is 3.38. The molecule has 120 valence electrons. The third kappa shape index (κ3) is 2.34. The van der Waals surface area contributed by atoms with E-state index in [1.807, 2.05) is 16.8 Å². The van der Waals surface area contributed by atoms with Crippen LogP contribution in [0.5, 0.6) is 0 Å². The van der Waals surface area contributed by atoms with Crippen LogP contribution in [-0.2, 0) is 6.42 Å². The number of aliphatic hydroxyl groups is 1. The summed E-state index contributed by atoms with van der Waals surface area (Å²) < 4.78 is 1.88. The molecule has 6 heteroatoms. The van der Waals surface area contributed by atoms with E-state index in [4.69, 9.17) is 0 Å². The molecule has 23 heavy (non-hydrogen) atoms. The van der Waals surface area contributed by atoms with E-state index in [9.17, 15) is 9.90 Å². The lowest BCUT2D eigenvalue weighted by Crippen LogP contribution is -2.46. The number of hydrogen-bond donors (Lipinski definition) is 2. The van der Waals surface area contributed by atoms with Crippen LogP contribution in [0.25, 0.3) is 5.69 Å². The largest absolute Gasteiger partial charge is 0.394 e. The van der Waals surface area contributed by atoms with E-state index in [1.165, 1.54) is 6.42 Å². The quantitative estimate of drug-likeness (QED) is 0.895. The molecule has 0 unspecified atom stereocenters. The molecule has 6 nitrogen and oxygen atoms in total. The normalized spacial score (nSPS) is 21.7. The van der Waals surface area contributed by atoms with Gasteiger partial charge in [0, 0.05) is 17.7 Å². The molecule has 2 heterocycles. The van der Waals surface area contributed by atoms with Gasteiger partial charge in [0.15, 0.2) is 5.69 Å². The van der Waals surface area contributed by atoms with Gasteiger partial charge < -0.3 is 10.4 Å². The molecule has 1 fully saturated rings. The van der Waals surface area contributed by atoms with Crippen LogP contribution < -0.4 is 5.32 Å². The first-order valence-corrected chi connectivity index (χ1v) is 7.96. The molecule has 2 atom stereocenters. The Labute approximate surface area is 134 Å². The van der Waals surface area contributed by atoms with Gasteiger partial charge in [0.2, 0.25) is 0 Å². The number of amides is 1. The summed E-state index contributed by atoms with van der Waals surface area (Å²) in [5.41, 5.74) is 2.93. The van der Waals surface area contributed by atoms with Crippen molar-refractivity contribution in [3.63, 3.8) is 0 Å². The van der Waals surface area contributed by atoms with Crippen LogP contribution in [-0.4, -0.2) is 37.9 Å². The predicted octanol–water partition coefficient (Wildman–Crippen LogP) is 1.43. The van der Waals surface area contributed by atoms with E-state index in [1.54, 1.807) is 26.2 Å². The zero-order valence-corrected chi connectivity index (χ0v) is 13.3. The molecule has 0 saturated heterocycles. The highest BCUT2D eigenvalue weighted by Gasteiger charge is 2.50. The van der Waals surface area contributed by atoms with Gasteiger partial charge in [-0.05, 0) is 44.7 Å². The average molecular weight is 312 g/mol. The van der Waals surface area contributed by atoms with Crippen molar-refractivity contribution < 1.29 is 9.90 Å². The minimum absolute atomic E-state index is 0.116. The molecule has 0 aliphatic heterocycles. The van der Waals surface area contributed by atoms with Gasteiger partial charge in [0.25, 0.3) is 5.91 Å². The Morgan fingerprint density at radius 2 is 2.35 bits per heavy atom. The molecule has 2 aliphatic carbocycles. The third-order valence-corrected chi connectivity index (χ3v) is 4.72. The number of rotatable bonds is 4. The molecule has 2 aromatic heterocycles. The molecule has 0 spiro atoms. The van der Waals surface area contributed by atoms with Gasteiger partial charge in [0.05, 0.1) is 29.7 Å². The second-order valence-electron chi connectivity index (χ2n) is 7.14. The van der Waals surface area contributed by atoms with Gasteiger partial charge >= 0.3 is 0 Å². The lowest BCUT2D eigenvalue weighted by molar-refractivity contribution is 0.0863. The number of nitrogens with one attached hydrogen (secondary N) is 1. The van der Waals surface area contributed by atoms with Crippen LogP contribution in [0.4, 0.5) is 0 Å². The van der Waals surface area contributed by atoms with Crippen LogP contribution in [0.15, 0.2) is 24.5 Å². The highest BCUT2D eigenvalue weighted by atomic mass is 16.3. The fraction of sp³-hybridized carbons (Fsp3) is 0.471. The summed E-state index contributed by atoms with van der Waals surface area (Å²) in [6.07, 6.45) is 5.59. The van der Waals surface area contributed by atoms with E-state index >= 15 is 0 Å². The Hall–Kier alpha value is -2.21. The molecular formula is C17H20N4O2. The van der Waals surface area contributed by atoms with Crippen molar-refractivity contribution in [1.29, 1.82) is 0 Å². The molecule has 0 bridgehead atoms. The van der Waals surface area contributed by atoms with Crippen LogP contribution in [0.2, 0.25) is 0 Å². The zero-order valence-electron chi connectivity index (χ0n) is 13.3. The smallest absolute Gasteiger partial charge is 0.272 e. The first kappa shape index (κ1) is 14.4. The Morgan fingerprint density at radius 3 is 3.04 bits per heavy atom. The molecule has 4 rings (SSSR count). The van der Waals surface area contributed by atoms with Crippen molar-refractivity contribution in [2.75, 3.05) is 6.61 Å². The summed E-state index contributed by atoms with van der Waals surface area (Å²) in [7, 11) is 0. The van der Waals surface area contributed by atoms with E-state index in [-0.39, 0.29) is 12.5 Å². The average Bonchev–Trinajstić information content (AvgIpc) is 3.04. The summed E-state index contributed by atoms with van der Waals surface area (Å²) in [5.74, 6) is 0.956. The minimum Gasteiger partial charge on any atom is -0.394 e. The number of carbonyl (C=O) groups is 1. The molecule has 1 amide bonds. The van der Waals surface area contributed by atoms with Crippen molar-refractivity contribution in [3.8, 4) is 5.69 Å². The van der Waals surface area contributed by atoms with Crippen molar-refractivity contribution >= 4 is 5.91 Å². The highest BCUT2D eigenvalue weighted by molar-refractivity contribution is 5.95. The van der Waals surface area contributed by atoms with Crippen molar-refractivity contribution in [2.45, 2.75) is 38.1 Å². The number of hydrogen-bond acceptors (Lipinski definition) is 4. The predicted molar refractivity (Wildman–Crippen MR) is 84.5 cm³/mol. The van der Waals surface area contributed by atoms with Gasteiger partial charge in [-0.25, -0.2) is 4.68 Å². The first-order valence-electron chi connectivity index (χ1n) is 7.96. The van der Waals surface area contributed by atoms with Crippen LogP contribution in [0, 0.1) is 5.92 Å². The molecule has 0 aromatic carbocycles. The topological polar surface area (TPSA) is 80.0 Å². The van der Waals surface area contributed by atoms with Crippen LogP contribution >= 0.6 is 0 Å². The van der Waals surface area contributed by atoms with Crippen molar-refractivity contribution in [3.05, 3.63) is 41.5 Å². The standard InChI is InChI=1S/C17H20N4O2/c1-17(2,9-22)19-16(23)14-13-7-10-6-12(10)15(13)21(20-14)11-4-3-5-18-8-11/h3-5,8,10,12,22H,6-7,9H2,1-2H3,(H,19,23)/t10-,12-/m1/s1. The van der Waals surface area contributed by atoms with E-state index in [2.05, 4.69) is 15.4 Å². The Kier molecular flexibility index (Phi) is 3.06. The zero-order chi connectivity index (χ0) is 16.2. The SMILES string of the molecule is CC(C)(CO)NC(=O)c1nn(-c2cccnc2)c2c1C[C@H]1C[C@@H]21. The number of carbonyl (C=O) groups excluding carboxylic acids is 1. The summed E-state index contributed by atoms with van der Waals surface area (Å²) in [4.78, 5) is 16.8. The van der Waals surface area contributed by atoms with E-state index in [0.29, 0.717) is 17.5 Å². The Morgan fingerprint density at radius 1 is 1.52 bits per heavy atom. The number of nitrogens with zero attached hydrogens (tertiary/aromatic N) is 3. The monoisotopic (exact) mass is 312 g/mol.